The van der Waals surface area contributed by atoms with Crippen molar-refractivity contribution in [3.8, 4) is 5.75 Å². The minimum atomic E-state index is -5.06. The van der Waals surface area contributed by atoms with Crippen LogP contribution in [0.2, 0.25) is 0 Å². The standard InChI is InChI=1S/C11H15BF3O2.K/c1-8-4-5-11(17-7-9(2)16-3)10(6-8)12(13,14)15;/h4-6,9H,7H2,1-3H3;/q-1;+1. The Morgan fingerprint density at radius 3 is 2.39 bits per heavy atom. The molecule has 0 aliphatic carbocycles. The van der Waals surface area contributed by atoms with Crippen LogP contribution >= 0.6 is 0 Å². The summed E-state index contributed by atoms with van der Waals surface area (Å²) >= 11 is 0. The van der Waals surface area contributed by atoms with Gasteiger partial charge in [-0.05, 0) is 19.9 Å². The van der Waals surface area contributed by atoms with E-state index in [-0.39, 0.29) is 69.8 Å². The first-order valence-electron chi connectivity index (χ1n) is 5.30. The Labute approximate surface area is 148 Å². The Kier molecular flexibility index (Phi) is 8.12. The summed E-state index contributed by atoms with van der Waals surface area (Å²) in [5.74, 6) is -0.132. The van der Waals surface area contributed by atoms with Crippen LogP contribution in [-0.4, -0.2) is 26.8 Å². The summed E-state index contributed by atoms with van der Waals surface area (Å²) in [5.41, 5.74) is -0.125. The van der Waals surface area contributed by atoms with Crippen molar-refractivity contribution in [3.63, 3.8) is 0 Å². The summed E-state index contributed by atoms with van der Waals surface area (Å²) in [6.07, 6.45) is -0.245. The molecule has 0 saturated heterocycles. The van der Waals surface area contributed by atoms with Crippen LogP contribution in [-0.2, 0) is 4.74 Å². The zero-order valence-corrected chi connectivity index (χ0v) is 14.2. The van der Waals surface area contributed by atoms with Crippen LogP contribution in [0.4, 0.5) is 12.9 Å². The van der Waals surface area contributed by atoms with E-state index >= 15 is 0 Å². The molecule has 0 amide bonds. The Hall–Kier alpha value is 0.471. The molecule has 18 heavy (non-hydrogen) atoms. The molecular weight excluding hydrogens is 271 g/mol. The van der Waals surface area contributed by atoms with Gasteiger partial charge in [-0.1, -0.05) is 23.2 Å². The average molecular weight is 286 g/mol. The molecule has 96 valence electrons. The Balaban J connectivity index is 0.00000289. The SMILES string of the molecule is COC(C)COc1ccc(C)cc1[B-](F)(F)F.[K+]. The van der Waals surface area contributed by atoms with Gasteiger partial charge in [0.2, 0.25) is 0 Å². The van der Waals surface area contributed by atoms with Crippen molar-refractivity contribution in [1.29, 1.82) is 0 Å². The third-order valence-corrected chi connectivity index (χ3v) is 2.39. The van der Waals surface area contributed by atoms with Crippen molar-refractivity contribution < 1.29 is 73.8 Å². The van der Waals surface area contributed by atoms with Gasteiger partial charge in [0.15, 0.2) is 0 Å². The van der Waals surface area contributed by atoms with Gasteiger partial charge >= 0.3 is 58.4 Å². The van der Waals surface area contributed by atoms with Gasteiger partial charge in [-0.25, -0.2) is 0 Å². The Morgan fingerprint density at radius 1 is 1.28 bits per heavy atom. The quantitative estimate of drug-likeness (QED) is 0.677. The second-order valence-corrected chi connectivity index (χ2v) is 3.97. The van der Waals surface area contributed by atoms with Gasteiger partial charge in [-0.3, -0.25) is 0 Å². The molecule has 0 N–H and O–H groups in total. The number of ether oxygens (including phenoxy) is 2. The summed E-state index contributed by atoms with van der Waals surface area (Å²) in [6.45, 7) is -1.62. The zero-order chi connectivity index (χ0) is 13.1. The maximum Gasteiger partial charge on any atom is 1.00 e. The number of halogens is 3. The molecule has 1 aromatic carbocycles. The van der Waals surface area contributed by atoms with Gasteiger partial charge in [0.05, 0.1) is 11.9 Å². The Morgan fingerprint density at radius 2 is 1.89 bits per heavy atom. The fraction of sp³-hybridized carbons (Fsp3) is 0.455. The smallest absolute Gasteiger partial charge is 0.494 e. The normalized spacial score (nSPS) is 12.8. The van der Waals surface area contributed by atoms with E-state index in [0.717, 1.165) is 6.07 Å². The minimum Gasteiger partial charge on any atom is -0.494 e. The molecule has 0 spiro atoms. The first kappa shape index (κ1) is 18.5. The molecule has 0 fully saturated rings. The van der Waals surface area contributed by atoms with Crippen molar-refractivity contribution in [2.75, 3.05) is 13.7 Å². The molecule has 0 heterocycles. The monoisotopic (exact) mass is 286 g/mol. The summed E-state index contributed by atoms with van der Waals surface area (Å²) < 4.78 is 48.4. The summed E-state index contributed by atoms with van der Waals surface area (Å²) in [7, 11) is 1.48. The topological polar surface area (TPSA) is 18.5 Å². The molecule has 1 atom stereocenters. The number of rotatable bonds is 5. The number of aryl methyl sites for hydroxylation is 1. The average Bonchev–Trinajstić information content (AvgIpc) is 2.25. The molecule has 0 saturated carbocycles. The van der Waals surface area contributed by atoms with Crippen molar-refractivity contribution in [1.82, 2.24) is 0 Å². The molecule has 1 aromatic rings. The molecule has 7 heteroatoms. The van der Waals surface area contributed by atoms with E-state index in [1.54, 1.807) is 19.9 Å². The van der Waals surface area contributed by atoms with E-state index in [9.17, 15) is 12.9 Å². The molecule has 0 aliphatic heterocycles. The van der Waals surface area contributed by atoms with Gasteiger partial charge in [0.1, 0.15) is 6.61 Å². The second kappa shape index (κ2) is 7.92. The van der Waals surface area contributed by atoms with Crippen molar-refractivity contribution in [3.05, 3.63) is 23.8 Å². The number of hydrogen-bond donors (Lipinski definition) is 0. The van der Waals surface area contributed by atoms with E-state index in [1.165, 1.54) is 13.2 Å². The Bertz CT molecular complexity index is 385. The van der Waals surface area contributed by atoms with Gasteiger partial charge in [0, 0.05) is 7.11 Å². The largest absolute Gasteiger partial charge is 1.00 e. The maximum atomic E-state index is 12.8. The van der Waals surface area contributed by atoms with E-state index in [4.69, 9.17) is 9.47 Å². The number of benzene rings is 1. The molecule has 0 aromatic heterocycles. The molecule has 0 bridgehead atoms. The van der Waals surface area contributed by atoms with Crippen LogP contribution < -0.4 is 61.6 Å². The predicted molar refractivity (Wildman–Crippen MR) is 61.9 cm³/mol. The van der Waals surface area contributed by atoms with Crippen molar-refractivity contribution in [2.24, 2.45) is 0 Å². The third kappa shape index (κ3) is 5.63. The van der Waals surface area contributed by atoms with Gasteiger partial charge in [0.25, 0.3) is 0 Å². The summed E-state index contributed by atoms with van der Waals surface area (Å²) in [4.78, 5) is 0. The van der Waals surface area contributed by atoms with E-state index < -0.39 is 12.4 Å². The van der Waals surface area contributed by atoms with E-state index in [2.05, 4.69) is 0 Å². The van der Waals surface area contributed by atoms with Crippen LogP contribution in [0.1, 0.15) is 12.5 Å². The molecule has 2 nitrogen and oxygen atoms in total. The van der Waals surface area contributed by atoms with E-state index in [0.29, 0.717) is 5.56 Å². The van der Waals surface area contributed by atoms with Crippen molar-refractivity contribution >= 4 is 12.4 Å². The maximum absolute atomic E-state index is 12.8. The molecular formula is C11H15BF3KO2. The van der Waals surface area contributed by atoms with Crippen LogP contribution in [0, 0.1) is 6.92 Å². The zero-order valence-electron chi connectivity index (χ0n) is 11.0. The first-order valence-corrected chi connectivity index (χ1v) is 5.30. The molecule has 1 unspecified atom stereocenters. The van der Waals surface area contributed by atoms with Crippen LogP contribution in [0.3, 0.4) is 0 Å². The van der Waals surface area contributed by atoms with Crippen molar-refractivity contribution in [2.45, 2.75) is 20.0 Å². The van der Waals surface area contributed by atoms with Gasteiger partial charge < -0.3 is 22.4 Å². The van der Waals surface area contributed by atoms with Crippen LogP contribution in [0.25, 0.3) is 0 Å². The molecule has 1 rings (SSSR count). The molecule has 0 aliphatic rings. The van der Waals surface area contributed by atoms with E-state index in [1.807, 2.05) is 0 Å². The minimum absolute atomic E-state index is 0. The molecule has 0 radical (unpaired) electrons. The summed E-state index contributed by atoms with van der Waals surface area (Å²) in [5, 5.41) is 0. The van der Waals surface area contributed by atoms with Crippen LogP contribution in [0.5, 0.6) is 5.75 Å². The number of hydrogen-bond acceptors (Lipinski definition) is 2. The predicted octanol–water partition coefficient (Wildman–Crippen LogP) is -0.533. The number of methoxy groups -OCH3 is 1. The second-order valence-electron chi connectivity index (χ2n) is 3.97. The first-order chi connectivity index (χ1) is 7.84. The fourth-order valence-corrected chi connectivity index (χ4v) is 1.33. The van der Waals surface area contributed by atoms with Gasteiger partial charge in [-0.15, -0.1) is 0 Å². The summed E-state index contributed by atoms with van der Waals surface area (Å²) in [6, 6.07) is 4.05. The fourth-order valence-electron chi connectivity index (χ4n) is 1.33. The van der Waals surface area contributed by atoms with Gasteiger partial charge in [-0.2, -0.15) is 0 Å². The third-order valence-electron chi connectivity index (χ3n) is 2.39. The van der Waals surface area contributed by atoms with Crippen LogP contribution in [0.15, 0.2) is 18.2 Å².